The van der Waals surface area contributed by atoms with Gasteiger partial charge in [-0.2, -0.15) is 48.1 Å². The maximum Gasteiger partial charge on any atom is 0.0857 e. The summed E-state index contributed by atoms with van der Waals surface area (Å²) in [5.41, 5.74) is 9.34. The average molecular weight is 563 g/mol. The van der Waals surface area contributed by atoms with Crippen LogP contribution >= 0.6 is 37.9 Å². The second-order valence-electron chi connectivity index (χ2n) is 9.40. The predicted molar refractivity (Wildman–Crippen MR) is 173 cm³/mol. The van der Waals surface area contributed by atoms with Crippen molar-refractivity contribution in [1.29, 1.82) is 0 Å². The van der Waals surface area contributed by atoms with Crippen molar-refractivity contribution in [2.45, 2.75) is 22.7 Å². The molecule has 0 aliphatic rings. The fraction of sp³-hybridized carbons (Fsp3) is 0.118. The maximum absolute atomic E-state index is 4.49. The van der Waals surface area contributed by atoms with Crippen molar-refractivity contribution >= 4 is 49.3 Å². The molecule has 0 unspecified atom stereocenters. The number of azo groups is 1. The molecule has 0 amide bonds. The maximum atomic E-state index is 4.49. The first-order valence-corrected chi connectivity index (χ1v) is 14.8. The topological polar surface area (TPSA) is 24.7 Å². The van der Waals surface area contributed by atoms with Gasteiger partial charge in [0.05, 0.1) is 16.8 Å². The summed E-state index contributed by atoms with van der Waals surface area (Å²) in [6, 6.07) is 44.6. The van der Waals surface area contributed by atoms with Crippen molar-refractivity contribution in [3.05, 3.63) is 166 Å². The largest absolute Gasteiger partial charge is 0.175 e. The van der Waals surface area contributed by atoms with Gasteiger partial charge in [0, 0.05) is 17.3 Å². The summed E-state index contributed by atoms with van der Waals surface area (Å²) in [5, 5.41) is 8.89. The van der Waals surface area contributed by atoms with Crippen LogP contribution in [0.5, 0.6) is 0 Å². The molecule has 194 valence electrons. The molecule has 0 bridgehead atoms. The number of thiol groups is 3. The third-order valence-electron chi connectivity index (χ3n) is 7.05. The molecule has 0 N–H and O–H groups in total. The molecule has 0 spiro atoms. The summed E-state index contributed by atoms with van der Waals surface area (Å²) in [6.07, 6.45) is 0. The Kier molecular flexibility index (Phi) is 8.92. The number of rotatable bonds is 9. The minimum Gasteiger partial charge on any atom is -0.175 e. The lowest BCUT2D eigenvalue weighted by Gasteiger charge is -2.37. The quantitative estimate of drug-likeness (QED) is 0.0905. The smallest absolute Gasteiger partial charge is 0.0857 e. The van der Waals surface area contributed by atoms with Gasteiger partial charge in [-0.3, -0.25) is 0 Å². The first-order valence-electron chi connectivity index (χ1n) is 12.9. The van der Waals surface area contributed by atoms with Crippen LogP contribution in [0.1, 0.15) is 38.9 Å². The second kappa shape index (κ2) is 12.7. The van der Waals surface area contributed by atoms with Crippen LogP contribution in [0.3, 0.4) is 0 Å². The normalized spacial score (nSPS) is 11.7. The van der Waals surface area contributed by atoms with Gasteiger partial charge in [-0.1, -0.05) is 103 Å². The first kappa shape index (κ1) is 27.3. The van der Waals surface area contributed by atoms with Gasteiger partial charge in [-0.05, 0) is 63.2 Å². The zero-order valence-electron chi connectivity index (χ0n) is 21.5. The van der Waals surface area contributed by atoms with E-state index in [0.717, 1.165) is 16.9 Å². The van der Waals surface area contributed by atoms with Crippen LogP contribution < -0.4 is 0 Å². The molecule has 0 fully saturated rings. The summed E-state index contributed by atoms with van der Waals surface area (Å²) < 4.78 is 0. The highest BCUT2D eigenvalue weighted by atomic mass is 32.1. The number of hydrogen-bond donors (Lipinski definition) is 3. The zero-order valence-corrected chi connectivity index (χ0v) is 24.2. The molecule has 39 heavy (non-hydrogen) atoms. The minimum absolute atomic E-state index is 0.547. The van der Waals surface area contributed by atoms with E-state index in [-0.39, 0.29) is 0 Å². The van der Waals surface area contributed by atoms with Crippen molar-refractivity contribution in [3.8, 4) is 0 Å². The van der Waals surface area contributed by atoms with Gasteiger partial charge in [0.2, 0.25) is 0 Å². The Balaban J connectivity index is 1.71. The molecule has 2 nitrogen and oxygen atoms in total. The van der Waals surface area contributed by atoms with Crippen LogP contribution in [-0.4, -0.2) is 0 Å². The van der Waals surface area contributed by atoms with Crippen LogP contribution in [0.15, 0.2) is 138 Å². The van der Waals surface area contributed by atoms with E-state index in [4.69, 9.17) is 0 Å². The summed E-state index contributed by atoms with van der Waals surface area (Å²) in [7, 11) is 0. The van der Waals surface area contributed by atoms with Gasteiger partial charge in [-0.15, -0.1) is 0 Å². The fourth-order valence-electron chi connectivity index (χ4n) is 4.97. The second-order valence-corrected chi connectivity index (χ2v) is 10.3. The molecule has 0 aliphatic heterocycles. The van der Waals surface area contributed by atoms with Gasteiger partial charge in [-0.25, -0.2) is 0 Å². The Labute approximate surface area is 247 Å². The molecule has 0 aliphatic carbocycles. The van der Waals surface area contributed by atoms with Gasteiger partial charge in [0.1, 0.15) is 0 Å². The van der Waals surface area contributed by atoms with E-state index in [2.05, 4.69) is 133 Å². The molecule has 0 saturated carbocycles. The molecule has 5 rings (SSSR count). The number of nitrogens with zero attached hydrogens (tertiary/aromatic N) is 2. The Morgan fingerprint density at radius 1 is 0.385 bits per heavy atom. The minimum atomic E-state index is -0.547. The standard InChI is InChI=1S/C34H30N2S3/c37-22-25-6-12-28(13-7-25)34(29-14-8-26(23-38)9-15-29,30-16-10-27(24-39)11-17-30)31-18-20-33(21-19-31)36-35-32-4-2-1-3-5-32/h1-21,37-39H,22-24H2. The van der Waals surface area contributed by atoms with Crippen LogP contribution in [0.4, 0.5) is 11.4 Å². The van der Waals surface area contributed by atoms with Crippen molar-refractivity contribution in [3.63, 3.8) is 0 Å². The van der Waals surface area contributed by atoms with Crippen LogP contribution in [0.25, 0.3) is 0 Å². The van der Waals surface area contributed by atoms with Gasteiger partial charge >= 0.3 is 0 Å². The van der Waals surface area contributed by atoms with E-state index in [1.165, 1.54) is 33.4 Å². The summed E-state index contributed by atoms with van der Waals surface area (Å²) in [5.74, 6) is 2.09. The molecule has 0 aromatic heterocycles. The Bertz CT molecular complexity index is 1400. The number of hydrogen-bond acceptors (Lipinski definition) is 5. The fourth-order valence-corrected chi connectivity index (χ4v) is 5.60. The summed E-state index contributed by atoms with van der Waals surface area (Å²) in [6.45, 7) is 0. The van der Waals surface area contributed by atoms with Gasteiger partial charge in [0.25, 0.3) is 0 Å². The van der Waals surface area contributed by atoms with E-state index in [1.807, 2.05) is 42.5 Å². The molecule has 5 aromatic rings. The highest BCUT2D eigenvalue weighted by molar-refractivity contribution is 7.79. The summed E-state index contributed by atoms with van der Waals surface area (Å²) in [4.78, 5) is 0. The highest BCUT2D eigenvalue weighted by Crippen LogP contribution is 2.46. The lowest BCUT2D eigenvalue weighted by Crippen LogP contribution is -2.31. The Morgan fingerprint density at radius 3 is 1.03 bits per heavy atom. The van der Waals surface area contributed by atoms with E-state index in [0.29, 0.717) is 17.3 Å². The van der Waals surface area contributed by atoms with E-state index in [9.17, 15) is 0 Å². The van der Waals surface area contributed by atoms with E-state index in [1.54, 1.807) is 0 Å². The van der Waals surface area contributed by atoms with Crippen molar-refractivity contribution in [2.24, 2.45) is 10.2 Å². The van der Waals surface area contributed by atoms with Gasteiger partial charge < -0.3 is 0 Å². The average Bonchev–Trinajstić information content (AvgIpc) is 3.02. The predicted octanol–water partition coefficient (Wildman–Crippen LogP) is 9.77. The summed E-state index contributed by atoms with van der Waals surface area (Å²) >= 11 is 13.5. The molecule has 5 heteroatoms. The van der Waals surface area contributed by atoms with Crippen LogP contribution in [0, 0.1) is 0 Å². The molecule has 0 heterocycles. The molecule has 0 atom stereocenters. The Hall–Kier alpha value is -3.25. The van der Waals surface area contributed by atoms with Crippen LogP contribution in [0.2, 0.25) is 0 Å². The molecule has 0 radical (unpaired) electrons. The third kappa shape index (κ3) is 5.86. The van der Waals surface area contributed by atoms with Crippen LogP contribution in [-0.2, 0) is 22.7 Å². The van der Waals surface area contributed by atoms with E-state index >= 15 is 0 Å². The lowest BCUT2D eigenvalue weighted by molar-refractivity contribution is 0.744. The highest BCUT2D eigenvalue weighted by Gasteiger charge is 2.38. The first-order chi connectivity index (χ1) is 19.2. The Morgan fingerprint density at radius 2 is 0.692 bits per heavy atom. The van der Waals surface area contributed by atoms with Crippen molar-refractivity contribution in [1.82, 2.24) is 0 Å². The molecule has 0 saturated heterocycles. The SMILES string of the molecule is SCc1ccc(C(c2ccc(CS)cc2)(c2ccc(CS)cc2)c2ccc(N=Nc3ccccc3)cc2)cc1. The van der Waals surface area contributed by atoms with Crippen molar-refractivity contribution in [2.75, 3.05) is 0 Å². The molecule has 5 aromatic carbocycles. The van der Waals surface area contributed by atoms with Crippen molar-refractivity contribution < 1.29 is 0 Å². The van der Waals surface area contributed by atoms with E-state index < -0.39 is 5.41 Å². The zero-order chi connectivity index (χ0) is 27.1. The van der Waals surface area contributed by atoms with Gasteiger partial charge in [0.15, 0.2) is 0 Å². The monoisotopic (exact) mass is 562 g/mol. The third-order valence-corrected chi connectivity index (χ3v) is 8.14. The molecular weight excluding hydrogens is 533 g/mol. The molecular formula is C34H30N2S3. The lowest BCUT2D eigenvalue weighted by atomic mass is 9.65. The number of benzene rings is 5.